The van der Waals surface area contributed by atoms with E-state index in [-0.39, 0.29) is 5.91 Å². The van der Waals surface area contributed by atoms with Gasteiger partial charge in [0.2, 0.25) is 5.95 Å². The Kier molecular flexibility index (Phi) is 7.23. The minimum Gasteiger partial charge on any atom is -0.497 e. The fourth-order valence-corrected chi connectivity index (χ4v) is 3.56. The summed E-state index contributed by atoms with van der Waals surface area (Å²) < 4.78 is 5.16. The third-order valence-electron chi connectivity index (χ3n) is 5.13. The highest BCUT2D eigenvalue weighted by Crippen LogP contribution is 2.20. The van der Waals surface area contributed by atoms with Crippen molar-refractivity contribution in [1.29, 1.82) is 0 Å². The molecule has 1 saturated carbocycles. The second-order valence-electron chi connectivity index (χ2n) is 7.40. The van der Waals surface area contributed by atoms with Crippen LogP contribution in [-0.2, 0) is 6.42 Å². The second kappa shape index (κ2) is 10.1. The van der Waals surface area contributed by atoms with Crippen LogP contribution in [0.15, 0.2) is 30.3 Å². The molecule has 0 bridgehead atoms. The predicted octanol–water partition coefficient (Wildman–Crippen LogP) is 3.90. The minimum atomic E-state index is -0.164. The number of aromatic nitrogens is 2. The average molecular weight is 383 g/mol. The summed E-state index contributed by atoms with van der Waals surface area (Å²) in [6.07, 6.45) is 8.11. The number of carbonyl (C=O) groups is 1. The van der Waals surface area contributed by atoms with E-state index in [1.54, 1.807) is 13.2 Å². The van der Waals surface area contributed by atoms with Crippen LogP contribution >= 0.6 is 0 Å². The van der Waals surface area contributed by atoms with Crippen molar-refractivity contribution >= 4 is 11.9 Å². The Morgan fingerprint density at radius 3 is 2.50 bits per heavy atom. The van der Waals surface area contributed by atoms with E-state index < -0.39 is 0 Å². The van der Waals surface area contributed by atoms with Crippen molar-refractivity contribution < 1.29 is 9.53 Å². The zero-order valence-corrected chi connectivity index (χ0v) is 16.8. The maximum absolute atomic E-state index is 12.5. The molecule has 3 rings (SSSR count). The summed E-state index contributed by atoms with van der Waals surface area (Å²) in [7, 11) is 1.65. The van der Waals surface area contributed by atoms with Gasteiger partial charge in [0.25, 0.3) is 5.91 Å². The third kappa shape index (κ3) is 5.94. The Hall–Kier alpha value is -2.63. The number of hydrogen-bond donors (Lipinski definition) is 2. The summed E-state index contributed by atoms with van der Waals surface area (Å²) in [5.74, 6) is 1.23. The molecule has 1 heterocycles. The first-order valence-corrected chi connectivity index (χ1v) is 10.2. The second-order valence-corrected chi connectivity index (χ2v) is 7.40. The van der Waals surface area contributed by atoms with Crippen LogP contribution in [0.4, 0.5) is 5.95 Å². The molecule has 28 heavy (non-hydrogen) atoms. The Morgan fingerprint density at radius 1 is 1.11 bits per heavy atom. The maximum atomic E-state index is 12.5. The quantitative estimate of drug-likeness (QED) is 0.710. The molecule has 0 spiro atoms. The topological polar surface area (TPSA) is 76.1 Å². The van der Waals surface area contributed by atoms with Gasteiger partial charge in [-0.05, 0) is 49.9 Å². The predicted molar refractivity (Wildman–Crippen MR) is 111 cm³/mol. The molecule has 0 saturated heterocycles. The van der Waals surface area contributed by atoms with E-state index >= 15 is 0 Å². The van der Waals surface area contributed by atoms with Crippen molar-refractivity contribution in [2.45, 2.75) is 57.9 Å². The number of amides is 1. The maximum Gasteiger partial charge on any atom is 0.270 e. The van der Waals surface area contributed by atoms with Gasteiger partial charge >= 0.3 is 0 Å². The van der Waals surface area contributed by atoms with Crippen LogP contribution in [-0.4, -0.2) is 35.6 Å². The normalized spacial score (nSPS) is 14.9. The number of methoxy groups -OCH3 is 1. The van der Waals surface area contributed by atoms with Gasteiger partial charge < -0.3 is 15.4 Å². The molecule has 1 aliphatic carbocycles. The van der Waals surface area contributed by atoms with Crippen LogP contribution in [0.1, 0.15) is 60.3 Å². The van der Waals surface area contributed by atoms with E-state index in [0.717, 1.165) is 36.3 Å². The van der Waals surface area contributed by atoms with E-state index in [1.807, 2.05) is 31.2 Å². The van der Waals surface area contributed by atoms with Crippen LogP contribution in [0.25, 0.3) is 0 Å². The molecule has 0 radical (unpaired) electrons. The molecular formula is C22H30N4O2. The van der Waals surface area contributed by atoms with Crippen molar-refractivity contribution in [3.8, 4) is 5.75 Å². The number of nitrogens with one attached hydrogen (secondary N) is 2. The Bertz CT molecular complexity index is 769. The van der Waals surface area contributed by atoms with Crippen molar-refractivity contribution in [1.82, 2.24) is 15.3 Å². The summed E-state index contributed by atoms with van der Waals surface area (Å²) in [4.78, 5) is 21.5. The summed E-state index contributed by atoms with van der Waals surface area (Å²) in [6, 6.07) is 10.0. The molecule has 1 amide bonds. The lowest BCUT2D eigenvalue weighted by Gasteiger charge is -2.17. The standard InChI is InChI=1S/C22H30N4O2/c1-16-15-20(26-22(24-16)25-18-7-5-3-4-6-8-18)21(27)23-14-13-17-9-11-19(28-2)12-10-17/h9-12,15,18H,3-8,13-14H2,1-2H3,(H,23,27)(H,24,25,26). The molecule has 1 aromatic heterocycles. The number of rotatable bonds is 7. The zero-order chi connectivity index (χ0) is 19.8. The van der Waals surface area contributed by atoms with Gasteiger partial charge in [0.1, 0.15) is 11.4 Å². The van der Waals surface area contributed by atoms with E-state index in [2.05, 4.69) is 20.6 Å². The largest absolute Gasteiger partial charge is 0.497 e. The molecule has 2 N–H and O–H groups in total. The van der Waals surface area contributed by atoms with Gasteiger partial charge in [-0.2, -0.15) is 0 Å². The van der Waals surface area contributed by atoms with Crippen LogP contribution in [0.3, 0.4) is 0 Å². The summed E-state index contributed by atoms with van der Waals surface area (Å²) in [5, 5.41) is 6.39. The van der Waals surface area contributed by atoms with Crippen molar-refractivity contribution in [2.75, 3.05) is 19.0 Å². The number of benzene rings is 1. The van der Waals surface area contributed by atoms with Crippen molar-refractivity contribution in [3.05, 3.63) is 47.3 Å². The summed E-state index contributed by atoms with van der Waals surface area (Å²) in [6.45, 7) is 2.45. The molecular weight excluding hydrogens is 352 g/mol. The fourth-order valence-electron chi connectivity index (χ4n) is 3.56. The molecule has 1 aromatic carbocycles. The van der Waals surface area contributed by atoms with E-state index in [4.69, 9.17) is 4.74 Å². The molecule has 6 heteroatoms. The number of carbonyl (C=O) groups excluding carboxylic acids is 1. The van der Waals surface area contributed by atoms with Crippen LogP contribution in [0.2, 0.25) is 0 Å². The monoisotopic (exact) mass is 382 g/mol. The minimum absolute atomic E-state index is 0.164. The molecule has 1 aliphatic rings. The zero-order valence-electron chi connectivity index (χ0n) is 16.8. The van der Waals surface area contributed by atoms with Gasteiger partial charge in [0.05, 0.1) is 7.11 Å². The van der Waals surface area contributed by atoms with Crippen LogP contribution in [0, 0.1) is 6.92 Å². The van der Waals surface area contributed by atoms with Crippen LogP contribution < -0.4 is 15.4 Å². The van der Waals surface area contributed by atoms with Gasteiger partial charge in [-0.15, -0.1) is 0 Å². The number of anilines is 1. The first kappa shape index (κ1) is 20.1. The SMILES string of the molecule is COc1ccc(CCNC(=O)c2cc(C)nc(NC3CCCCCC3)n2)cc1. The highest BCUT2D eigenvalue weighted by atomic mass is 16.5. The van der Waals surface area contributed by atoms with E-state index in [0.29, 0.717) is 24.2 Å². The Balaban J connectivity index is 1.55. The van der Waals surface area contributed by atoms with Crippen LogP contribution in [0.5, 0.6) is 5.75 Å². The van der Waals surface area contributed by atoms with E-state index in [1.165, 1.54) is 25.7 Å². The lowest BCUT2D eigenvalue weighted by molar-refractivity contribution is 0.0949. The number of aryl methyl sites for hydroxylation is 1. The molecule has 0 unspecified atom stereocenters. The number of ether oxygens (including phenoxy) is 1. The lowest BCUT2D eigenvalue weighted by Crippen LogP contribution is -2.28. The number of hydrogen-bond acceptors (Lipinski definition) is 5. The molecule has 6 nitrogen and oxygen atoms in total. The Morgan fingerprint density at radius 2 is 1.82 bits per heavy atom. The van der Waals surface area contributed by atoms with Crippen molar-refractivity contribution in [3.63, 3.8) is 0 Å². The first-order valence-electron chi connectivity index (χ1n) is 10.2. The van der Waals surface area contributed by atoms with Crippen molar-refractivity contribution in [2.24, 2.45) is 0 Å². The molecule has 1 fully saturated rings. The number of nitrogens with zero attached hydrogens (tertiary/aromatic N) is 2. The van der Waals surface area contributed by atoms with E-state index in [9.17, 15) is 4.79 Å². The highest BCUT2D eigenvalue weighted by molar-refractivity contribution is 5.92. The van der Waals surface area contributed by atoms with Gasteiger partial charge in [0.15, 0.2) is 0 Å². The lowest BCUT2D eigenvalue weighted by atomic mass is 10.1. The van der Waals surface area contributed by atoms with Gasteiger partial charge in [0, 0.05) is 18.3 Å². The van der Waals surface area contributed by atoms with Gasteiger partial charge in [-0.25, -0.2) is 9.97 Å². The summed E-state index contributed by atoms with van der Waals surface area (Å²) in [5.41, 5.74) is 2.36. The smallest absolute Gasteiger partial charge is 0.270 e. The first-order chi connectivity index (χ1) is 13.6. The Labute approximate surface area is 167 Å². The van der Waals surface area contributed by atoms with Gasteiger partial charge in [-0.1, -0.05) is 37.8 Å². The fraction of sp³-hybridized carbons (Fsp3) is 0.500. The molecule has 150 valence electrons. The average Bonchev–Trinajstić information content (AvgIpc) is 2.96. The highest BCUT2D eigenvalue weighted by Gasteiger charge is 2.15. The molecule has 0 aliphatic heterocycles. The molecule has 2 aromatic rings. The van der Waals surface area contributed by atoms with Gasteiger partial charge in [-0.3, -0.25) is 4.79 Å². The summed E-state index contributed by atoms with van der Waals surface area (Å²) >= 11 is 0. The third-order valence-corrected chi connectivity index (χ3v) is 5.13. The molecule has 0 atom stereocenters.